The molecule has 1 atom stereocenters. The van der Waals surface area contributed by atoms with Crippen LogP contribution in [0.4, 0.5) is 5.69 Å². The molecule has 0 aliphatic heterocycles. The number of nitrogens with one attached hydrogen (secondary N) is 1. The van der Waals surface area contributed by atoms with Gasteiger partial charge in [0.25, 0.3) is 0 Å². The van der Waals surface area contributed by atoms with E-state index in [0.717, 1.165) is 10.2 Å². The Balaban J connectivity index is 1.81. The molecule has 0 aliphatic carbocycles. The maximum Gasteiger partial charge on any atom is 0.137 e. The first-order chi connectivity index (χ1) is 10.2. The number of nitriles is 1. The molecule has 0 amide bonds. The number of para-hydroxylation sites is 1. The maximum atomic E-state index is 9.91. The molecule has 0 bridgehead atoms. The van der Waals surface area contributed by atoms with Crippen molar-refractivity contribution < 1.29 is 9.84 Å². The van der Waals surface area contributed by atoms with Crippen LogP contribution in [-0.4, -0.2) is 24.4 Å². The fourth-order valence-corrected chi connectivity index (χ4v) is 2.00. The minimum atomic E-state index is -0.666. The van der Waals surface area contributed by atoms with Gasteiger partial charge in [-0.15, -0.1) is 0 Å². The summed E-state index contributed by atoms with van der Waals surface area (Å²) in [6, 6.07) is 16.7. The highest BCUT2D eigenvalue weighted by Gasteiger charge is 2.07. The number of rotatable bonds is 6. The Morgan fingerprint density at radius 3 is 2.62 bits per heavy atom. The average molecular weight is 347 g/mol. The largest absolute Gasteiger partial charge is 0.489 e. The fourth-order valence-electron chi connectivity index (χ4n) is 1.73. The van der Waals surface area contributed by atoms with Crippen LogP contribution in [0.1, 0.15) is 5.56 Å². The van der Waals surface area contributed by atoms with Crippen LogP contribution < -0.4 is 10.1 Å². The Morgan fingerprint density at radius 1 is 1.19 bits per heavy atom. The Kier molecular flexibility index (Phi) is 5.61. The lowest BCUT2D eigenvalue weighted by molar-refractivity contribution is 0.117. The van der Waals surface area contributed by atoms with Gasteiger partial charge in [0.2, 0.25) is 0 Å². The van der Waals surface area contributed by atoms with Crippen molar-refractivity contribution in [2.75, 3.05) is 18.5 Å². The lowest BCUT2D eigenvalue weighted by Crippen LogP contribution is -2.26. The fraction of sp³-hybridized carbons (Fsp3) is 0.188. The zero-order valence-electron chi connectivity index (χ0n) is 11.3. The van der Waals surface area contributed by atoms with Crippen molar-refractivity contribution >= 4 is 21.6 Å². The third-order valence-electron chi connectivity index (χ3n) is 2.82. The molecule has 2 rings (SSSR count). The highest BCUT2D eigenvalue weighted by atomic mass is 79.9. The van der Waals surface area contributed by atoms with E-state index in [-0.39, 0.29) is 6.61 Å². The van der Waals surface area contributed by atoms with E-state index < -0.39 is 6.10 Å². The van der Waals surface area contributed by atoms with E-state index >= 15 is 0 Å². The van der Waals surface area contributed by atoms with E-state index in [2.05, 4.69) is 27.3 Å². The molecule has 5 heteroatoms. The molecule has 2 N–H and O–H groups in total. The summed E-state index contributed by atoms with van der Waals surface area (Å²) >= 11 is 3.37. The molecular formula is C16H15BrN2O2. The molecule has 108 valence electrons. The quantitative estimate of drug-likeness (QED) is 0.842. The molecule has 0 saturated heterocycles. The second kappa shape index (κ2) is 7.67. The SMILES string of the molecule is N#Cc1ccccc1OCC(O)CNc1ccc(Br)cc1. The van der Waals surface area contributed by atoms with Gasteiger partial charge in [-0.2, -0.15) is 5.26 Å². The molecule has 0 aliphatic rings. The third-order valence-corrected chi connectivity index (χ3v) is 3.35. The molecule has 0 fully saturated rings. The van der Waals surface area contributed by atoms with Crippen LogP contribution in [0.15, 0.2) is 53.0 Å². The van der Waals surface area contributed by atoms with Crippen molar-refractivity contribution in [2.24, 2.45) is 0 Å². The van der Waals surface area contributed by atoms with Crippen LogP contribution in [0.5, 0.6) is 5.75 Å². The van der Waals surface area contributed by atoms with Crippen molar-refractivity contribution in [2.45, 2.75) is 6.10 Å². The van der Waals surface area contributed by atoms with Gasteiger partial charge in [0.15, 0.2) is 0 Å². The molecule has 2 aromatic carbocycles. The Bertz CT molecular complexity index is 623. The van der Waals surface area contributed by atoms with E-state index in [1.54, 1.807) is 24.3 Å². The van der Waals surface area contributed by atoms with E-state index in [1.807, 2.05) is 24.3 Å². The third kappa shape index (κ3) is 4.78. The van der Waals surface area contributed by atoms with Crippen molar-refractivity contribution in [1.82, 2.24) is 0 Å². The molecule has 0 aromatic heterocycles. The van der Waals surface area contributed by atoms with Gasteiger partial charge in [0, 0.05) is 16.7 Å². The molecule has 21 heavy (non-hydrogen) atoms. The number of hydrogen-bond acceptors (Lipinski definition) is 4. The Morgan fingerprint density at radius 2 is 1.90 bits per heavy atom. The van der Waals surface area contributed by atoms with Gasteiger partial charge in [-0.1, -0.05) is 28.1 Å². The summed E-state index contributed by atoms with van der Waals surface area (Å²) in [7, 11) is 0. The zero-order chi connectivity index (χ0) is 15.1. The summed E-state index contributed by atoms with van der Waals surface area (Å²) < 4.78 is 6.48. The second-order valence-electron chi connectivity index (χ2n) is 4.46. The Labute approximate surface area is 132 Å². The second-order valence-corrected chi connectivity index (χ2v) is 5.38. The number of aliphatic hydroxyl groups is 1. The molecule has 1 unspecified atom stereocenters. The predicted molar refractivity (Wildman–Crippen MR) is 85.3 cm³/mol. The first-order valence-electron chi connectivity index (χ1n) is 6.48. The summed E-state index contributed by atoms with van der Waals surface area (Å²) in [6.45, 7) is 0.499. The molecule has 0 heterocycles. The number of aliphatic hydroxyl groups excluding tert-OH is 1. The van der Waals surface area contributed by atoms with Gasteiger partial charge in [0.05, 0.1) is 5.56 Å². The molecule has 0 saturated carbocycles. The number of anilines is 1. The monoisotopic (exact) mass is 346 g/mol. The predicted octanol–water partition coefficient (Wildman–Crippen LogP) is 3.17. The molecule has 0 spiro atoms. The smallest absolute Gasteiger partial charge is 0.137 e. The van der Waals surface area contributed by atoms with Crippen LogP contribution in [0, 0.1) is 11.3 Å². The minimum absolute atomic E-state index is 0.127. The number of ether oxygens (including phenoxy) is 1. The van der Waals surface area contributed by atoms with Crippen molar-refractivity contribution in [3.8, 4) is 11.8 Å². The van der Waals surface area contributed by atoms with Crippen LogP contribution in [0.3, 0.4) is 0 Å². The van der Waals surface area contributed by atoms with Gasteiger partial charge in [-0.05, 0) is 36.4 Å². The molecular weight excluding hydrogens is 332 g/mol. The highest BCUT2D eigenvalue weighted by molar-refractivity contribution is 9.10. The molecule has 4 nitrogen and oxygen atoms in total. The van der Waals surface area contributed by atoms with E-state index in [4.69, 9.17) is 10.00 Å². The zero-order valence-corrected chi connectivity index (χ0v) is 12.9. The lowest BCUT2D eigenvalue weighted by atomic mass is 10.2. The van der Waals surface area contributed by atoms with Crippen LogP contribution >= 0.6 is 15.9 Å². The van der Waals surface area contributed by atoms with Gasteiger partial charge in [-0.3, -0.25) is 0 Å². The van der Waals surface area contributed by atoms with Crippen LogP contribution in [-0.2, 0) is 0 Å². The first kappa shape index (κ1) is 15.4. The summed E-state index contributed by atoms with van der Waals surface area (Å²) in [6.07, 6.45) is -0.666. The van der Waals surface area contributed by atoms with Crippen molar-refractivity contribution in [1.29, 1.82) is 5.26 Å². The maximum absolute atomic E-state index is 9.91. The van der Waals surface area contributed by atoms with Crippen molar-refractivity contribution in [3.05, 3.63) is 58.6 Å². The summed E-state index contributed by atoms with van der Waals surface area (Å²) in [5, 5.41) is 22.0. The first-order valence-corrected chi connectivity index (χ1v) is 7.28. The van der Waals surface area contributed by atoms with Crippen molar-refractivity contribution in [3.63, 3.8) is 0 Å². The summed E-state index contributed by atoms with van der Waals surface area (Å²) in [5.74, 6) is 0.489. The minimum Gasteiger partial charge on any atom is -0.489 e. The molecule has 2 aromatic rings. The van der Waals surface area contributed by atoms with Gasteiger partial charge >= 0.3 is 0 Å². The standard InChI is InChI=1S/C16H15BrN2O2/c17-13-5-7-14(8-6-13)19-10-15(20)11-21-16-4-2-1-3-12(16)9-18/h1-8,15,19-20H,10-11H2. The van der Waals surface area contributed by atoms with Crippen LogP contribution in [0.2, 0.25) is 0 Å². The van der Waals surface area contributed by atoms with Crippen LogP contribution in [0.25, 0.3) is 0 Å². The summed E-state index contributed by atoms with van der Waals surface area (Å²) in [5.41, 5.74) is 1.39. The highest BCUT2D eigenvalue weighted by Crippen LogP contribution is 2.17. The number of nitrogens with zero attached hydrogens (tertiary/aromatic N) is 1. The van der Waals surface area contributed by atoms with E-state index in [1.165, 1.54) is 0 Å². The van der Waals surface area contributed by atoms with Gasteiger partial charge < -0.3 is 15.2 Å². The summed E-state index contributed by atoms with van der Waals surface area (Å²) in [4.78, 5) is 0. The molecule has 0 radical (unpaired) electrons. The van der Waals surface area contributed by atoms with E-state index in [9.17, 15) is 5.11 Å². The number of halogens is 1. The topological polar surface area (TPSA) is 65.3 Å². The van der Waals surface area contributed by atoms with Gasteiger partial charge in [-0.25, -0.2) is 0 Å². The number of benzene rings is 2. The number of hydrogen-bond donors (Lipinski definition) is 2. The van der Waals surface area contributed by atoms with E-state index in [0.29, 0.717) is 17.9 Å². The van der Waals surface area contributed by atoms with Gasteiger partial charge in [0.1, 0.15) is 24.5 Å². The normalized spacial score (nSPS) is 11.5. The lowest BCUT2D eigenvalue weighted by Gasteiger charge is -2.14. The Hall–Kier alpha value is -2.03. The average Bonchev–Trinajstić information content (AvgIpc) is 2.52.